The van der Waals surface area contributed by atoms with E-state index >= 15 is 0 Å². The molecule has 1 aromatic carbocycles. The number of nitrogens with zero attached hydrogens (tertiary/aromatic N) is 2. The second-order valence-electron chi connectivity index (χ2n) is 3.95. The molecule has 1 aromatic heterocycles. The minimum atomic E-state index is -4.16. The maximum atomic E-state index is 13.6. The van der Waals surface area contributed by atoms with Gasteiger partial charge in [0.15, 0.2) is 5.03 Å². The average molecular weight is 299 g/mol. The maximum Gasteiger partial charge on any atom is 0.337 e. The molecule has 0 aliphatic rings. The Labute approximate surface area is 113 Å². The lowest BCUT2D eigenvalue weighted by Gasteiger charge is -2.09. The number of carbonyl (C=O) groups is 1. The number of aryl methyl sites for hydroxylation is 1. The van der Waals surface area contributed by atoms with E-state index in [1.807, 2.05) is 4.72 Å². The maximum absolute atomic E-state index is 13.6. The molecule has 0 bridgehead atoms. The number of aromatic nitrogens is 2. The summed E-state index contributed by atoms with van der Waals surface area (Å²) >= 11 is 0. The number of rotatable bonds is 4. The van der Waals surface area contributed by atoms with Crippen molar-refractivity contribution in [2.45, 2.75) is 5.03 Å². The fourth-order valence-corrected chi connectivity index (χ4v) is 2.59. The lowest BCUT2D eigenvalue weighted by molar-refractivity contribution is 0.0697. The van der Waals surface area contributed by atoms with Crippen LogP contribution in [0.1, 0.15) is 10.4 Å². The van der Waals surface area contributed by atoms with Crippen molar-refractivity contribution in [2.24, 2.45) is 7.05 Å². The molecule has 106 valence electrons. The first-order valence-electron chi connectivity index (χ1n) is 5.34. The van der Waals surface area contributed by atoms with Crippen LogP contribution in [0, 0.1) is 5.82 Å². The van der Waals surface area contributed by atoms with Gasteiger partial charge < -0.3 is 9.67 Å². The molecule has 20 heavy (non-hydrogen) atoms. The van der Waals surface area contributed by atoms with Crippen LogP contribution >= 0.6 is 0 Å². The molecule has 0 spiro atoms. The second kappa shape index (κ2) is 4.93. The predicted molar refractivity (Wildman–Crippen MR) is 67.4 cm³/mol. The highest BCUT2D eigenvalue weighted by molar-refractivity contribution is 7.92. The molecule has 0 unspecified atom stereocenters. The fourth-order valence-electron chi connectivity index (χ4n) is 1.52. The number of sulfonamides is 1. The lowest BCUT2D eigenvalue weighted by Crippen LogP contribution is -2.17. The summed E-state index contributed by atoms with van der Waals surface area (Å²) in [5.41, 5.74) is -1.10. The summed E-state index contributed by atoms with van der Waals surface area (Å²) < 4.78 is 40.9. The van der Waals surface area contributed by atoms with Gasteiger partial charge in [0.25, 0.3) is 10.0 Å². The van der Waals surface area contributed by atoms with E-state index in [1.165, 1.54) is 23.2 Å². The largest absolute Gasteiger partial charge is 0.478 e. The van der Waals surface area contributed by atoms with E-state index in [-0.39, 0.29) is 5.03 Å². The normalized spacial score (nSPS) is 11.3. The van der Waals surface area contributed by atoms with Gasteiger partial charge in [-0.1, -0.05) is 6.07 Å². The highest BCUT2D eigenvalue weighted by atomic mass is 32.2. The summed E-state index contributed by atoms with van der Waals surface area (Å²) in [4.78, 5) is 14.6. The molecule has 0 aliphatic carbocycles. The molecule has 1 heterocycles. The first-order valence-corrected chi connectivity index (χ1v) is 6.82. The summed E-state index contributed by atoms with van der Waals surface area (Å²) in [6.45, 7) is 0. The lowest BCUT2D eigenvalue weighted by atomic mass is 10.2. The van der Waals surface area contributed by atoms with Crippen molar-refractivity contribution in [3.63, 3.8) is 0 Å². The molecule has 0 fully saturated rings. The Morgan fingerprint density at radius 1 is 1.45 bits per heavy atom. The molecular weight excluding hydrogens is 289 g/mol. The summed E-state index contributed by atoms with van der Waals surface area (Å²) in [6.07, 6.45) is 2.47. The van der Waals surface area contributed by atoms with Gasteiger partial charge in [-0.2, -0.15) is 8.42 Å². The summed E-state index contributed by atoms with van der Waals surface area (Å²) in [5.74, 6) is -2.42. The van der Waals surface area contributed by atoms with Crippen LogP contribution in [-0.2, 0) is 17.1 Å². The van der Waals surface area contributed by atoms with Crippen LogP contribution in [0.2, 0.25) is 0 Å². The smallest absolute Gasteiger partial charge is 0.337 e. The van der Waals surface area contributed by atoms with E-state index in [1.54, 1.807) is 7.05 Å². The van der Waals surface area contributed by atoms with Crippen LogP contribution in [-0.4, -0.2) is 29.0 Å². The Morgan fingerprint density at radius 3 is 2.70 bits per heavy atom. The van der Waals surface area contributed by atoms with Crippen LogP contribution < -0.4 is 4.72 Å². The third-order valence-corrected chi connectivity index (χ3v) is 3.67. The molecule has 7 nitrogen and oxygen atoms in total. The number of aromatic carboxylic acids is 1. The zero-order chi connectivity index (χ0) is 14.9. The number of carboxylic acid groups (broad SMARTS) is 1. The summed E-state index contributed by atoms with van der Waals surface area (Å²) in [6, 6.07) is 3.24. The molecule has 9 heteroatoms. The standard InChI is InChI=1S/C11H10FN3O4S/c1-15-5-9(13-6-15)20(18,19)14-10-7(11(16)17)3-2-4-8(10)12/h2-6,14H,1H3,(H,16,17). The van der Waals surface area contributed by atoms with Crippen molar-refractivity contribution >= 4 is 21.7 Å². The Morgan fingerprint density at radius 2 is 2.15 bits per heavy atom. The van der Waals surface area contributed by atoms with Gasteiger partial charge in [-0.05, 0) is 12.1 Å². The molecule has 0 radical (unpaired) electrons. The first kappa shape index (κ1) is 14.0. The summed E-state index contributed by atoms with van der Waals surface area (Å²) in [7, 11) is -2.59. The summed E-state index contributed by atoms with van der Waals surface area (Å²) in [5, 5.41) is 8.61. The number of hydrogen-bond acceptors (Lipinski definition) is 4. The topological polar surface area (TPSA) is 101 Å². The average Bonchev–Trinajstić information content (AvgIpc) is 2.79. The van der Waals surface area contributed by atoms with Crippen LogP contribution in [0.4, 0.5) is 10.1 Å². The van der Waals surface area contributed by atoms with Gasteiger partial charge in [0.05, 0.1) is 17.6 Å². The van der Waals surface area contributed by atoms with E-state index in [4.69, 9.17) is 5.11 Å². The number of para-hydroxylation sites is 1. The molecule has 0 saturated carbocycles. The highest BCUT2D eigenvalue weighted by Crippen LogP contribution is 2.23. The molecule has 0 amide bonds. The highest BCUT2D eigenvalue weighted by Gasteiger charge is 2.23. The van der Waals surface area contributed by atoms with E-state index in [0.717, 1.165) is 12.1 Å². The van der Waals surface area contributed by atoms with Crippen molar-refractivity contribution < 1.29 is 22.7 Å². The minimum absolute atomic E-state index is 0.334. The third kappa shape index (κ3) is 2.62. The SMILES string of the molecule is Cn1cnc(S(=O)(=O)Nc2c(F)cccc2C(=O)O)c1. The van der Waals surface area contributed by atoms with E-state index < -0.39 is 33.1 Å². The number of hydrogen-bond donors (Lipinski definition) is 2. The molecule has 0 atom stereocenters. The van der Waals surface area contributed by atoms with E-state index in [2.05, 4.69) is 4.98 Å². The molecule has 2 aromatic rings. The van der Waals surface area contributed by atoms with E-state index in [9.17, 15) is 17.6 Å². The van der Waals surface area contributed by atoms with Crippen LogP contribution in [0.5, 0.6) is 0 Å². The number of carboxylic acids is 1. The molecule has 0 aliphatic heterocycles. The van der Waals surface area contributed by atoms with Gasteiger partial charge in [-0.15, -0.1) is 0 Å². The van der Waals surface area contributed by atoms with Gasteiger partial charge in [0, 0.05) is 13.2 Å². The van der Waals surface area contributed by atoms with Gasteiger partial charge >= 0.3 is 5.97 Å². The Hall–Kier alpha value is -2.42. The van der Waals surface area contributed by atoms with Crippen molar-refractivity contribution in [1.82, 2.24) is 9.55 Å². The van der Waals surface area contributed by atoms with Crippen molar-refractivity contribution in [3.8, 4) is 0 Å². The zero-order valence-electron chi connectivity index (χ0n) is 10.2. The monoisotopic (exact) mass is 299 g/mol. The Balaban J connectivity index is 2.47. The first-order chi connectivity index (χ1) is 9.31. The molecule has 0 saturated heterocycles. The number of anilines is 1. The van der Waals surface area contributed by atoms with Gasteiger partial charge in [-0.3, -0.25) is 4.72 Å². The third-order valence-electron chi connectivity index (χ3n) is 2.44. The zero-order valence-corrected chi connectivity index (χ0v) is 11.1. The second-order valence-corrected chi connectivity index (χ2v) is 5.58. The molecular formula is C11H10FN3O4S. The minimum Gasteiger partial charge on any atom is -0.478 e. The molecule has 2 rings (SSSR count). The van der Waals surface area contributed by atoms with Gasteiger partial charge in [-0.25, -0.2) is 14.2 Å². The Kier molecular flexibility index (Phi) is 3.45. The molecule has 2 N–H and O–H groups in total. The van der Waals surface area contributed by atoms with Gasteiger partial charge in [0.1, 0.15) is 5.82 Å². The van der Waals surface area contributed by atoms with E-state index in [0.29, 0.717) is 0 Å². The quantitative estimate of drug-likeness (QED) is 0.879. The Bertz CT molecular complexity index is 770. The van der Waals surface area contributed by atoms with Crippen LogP contribution in [0.3, 0.4) is 0 Å². The predicted octanol–water partition coefficient (Wildman–Crippen LogP) is 1.06. The fraction of sp³-hybridized carbons (Fsp3) is 0.0909. The number of benzene rings is 1. The number of imidazole rings is 1. The van der Waals surface area contributed by atoms with Crippen molar-refractivity contribution in [3.05, 3.63) is 42.1 Å². The number of nitrogens with one attached hydrogen (secondary N) is 1. The van der Waals surface area contributed by atoms with Crippen LogP contribution in [0.25, 0.3) is 0 Å². The van der Waals surface area contributed by atoms with Gasteiger partial charge in [0.2, 0.25) is 0 Å². The van der Waals surface area contributed by atoms with Crippen LogP contribution in [0.15, 0.2) is 35.7 Å². The van der Waals surface area contributed by atoms with Crippen molar-refractivity contribution in [1.29, 1.82) is 0 Å². The number of halogens is 1. The van der Waals surface area contributed by atoms with Crippen molar-refractivity contribution in [2.75, 3.05) is 4.72 Å².